The Morgan fingerprint density at radius 2 is 1.76 bits per heavy atom. The third-order valence-corrected chi connectivity index (χ3v) is 6.25. The minimum atomic E-state index is -4.57. The lowest BCUT2D eigenvalue weighted by Gasteiger charge is -2.24. The van der Waals surface area contributed by atoms with Gasteiger partial charge in [-0.1, -0.05) is 0 Å². The molecule has 3 aromatic rings. The molecule has 0 N–H and O–H groups in total. The number of fused-ring (bicyclic) bond motifs is 1. The fourth-order valence-electron chi connectivity index (χ4n) is 4.41. The zero-order valence-electron chi connectivity index (χ0n) is 21.3. The summed E-state index contributed by atoms with van der Waals surface area (Å²) < 4.78 is 62.2. The van der Waals surface area contributed by atoms with E-state index in [0.717, 1.165) is 25.0 Å². The maximum atomic E-state index is 14.3. The number of hydrogen-bond acceptors (Lipinski definition) is 3. The van der Waals surface area contributed by atoms with Gasteiger partial charge in [-0.05, 0) is 88.1 Å². The van der Waals surface area contributed by atoms with Crippen LogP contribution in [0.1, 0.15) is 57.2 Å². The van der Waals surface area contributed by atoms with Crippen LogP contribution in [0.2, 0.25) is 0 Å². The van der Waals surface area contributed by atoms with Crippen molar-refractivity contribution in [3.05, 3.63) is 65.1 Å². The number of ether oxygens (including phenoxy) is 1. The molecule has 0 unspecified atom stereocenters. The van der Waals surface area contributed by atoms with E-state index in [9.17, 15) is 27.2 Å². The number of amides is 1. The van der Waals surface area contributed by atoms with Crippen molar-refractivity contribution in [2.45, 2.75) is 65.3 Å². The van der Waals surface area contributed by atoms with Crippen molar-refractivity contribution >= 4 is 22.8 Å². The van der Waals surface area contributed by atoms with Gasteiger partial charge in [0, 0.05) is 30.6 Å². The maximum Gasteiger partial charge on any atom is 0.416 e. The van der Waals surface area contributed by atoms with E-state index in [0.29, 0.717) is 28.7 Å². The Morgan fingerprint density at radius 3 is 2.35 bits per heavy atom. The standard InChI is InChI=1S/C28H30F4N2O3/c1-5-33(26(36)17-6-7-17)15-19-12-20(28(30,31)32)8-11-23(19)34-16-18(13-25(35)37-27(2,3)4)22-10-9-21(29)14-24(22)34/h8-12,14,16-17H,5-7,13,15H2,1-4H3. The van der Waals surface area contributed by atoms with Crippen LogP contribution in [0.5, 0.6) is 0 Å². The van der Waals surface area contributed by atoms with Crippen molar-refractivity contribution in [1.82, 2.24) is 9.47 Å². The van der Waals surface area contributed by atoms with Crippen LogP contribution >= 0.6 is 0 Å². The molecule has 0 saturated heterocycles. The zero-order chi connectivity index (χ0) is 27.1. The van der Waals surface area contributed by atoms with Crippen LogP contribution in [0.25, 0.3) is 16.6 Å². The highest BCUT2D eigenvalue weighted by molar-refractivity contribution is 5.89. The highest BCUT2D eigenvalue weighted by Crippen LogP contribution is 2.36. The Hall–Kier alpha value is -3.36. The lowest BCUT2D eigenvalue weighted by Crippen LogP contribution is -2.32. The average molecular weight is 519 g/mol. The zero-order valence-corrected chi connectivity index (χ0v) is 21.3. The summed E-state index contributed by atoms with van der Waals surface area (Å²) in [5, 5.41) is 0.583. The molecule has 1 heterocycles. The van der Waals surface area contributed by atoms with Crippen molar-refractivity contribution in [1.29, 1.82) is 0 Å². The van der Waals surface area contributed by atoms with Crippen molar-refractivity contribution in [2.24, 2.45) is 5.92 Å². The van der Waals surface area contributed by atoms with Crippen LogP contribution in [0.15, 0.2) is 42.6 Å². The molecule has 1 fully saturated rings. The summed E-state index contributed by atoms with van der Waals surface area (Å²) in [7, 11) is 0. The van der Waals surface area contributed by atoms with E-state index in [2.05, 4.69) is 0 Å². The molecule has 1 aliphatic rings. The molecule has 1 aliphatic carbocycles. The Balaban J connectivity index is 1.83. The van der Waals surface area contributed by atoms with E-state index < -0.39 is 29.1 Å². The van der Waals surface area contributed by atoms with Gasteiger partial charge >= 0.3 is 12.1 Å². The SMILES string of the molecule is CCN(Cc1cc(C(F)(F)F)ccc1-n1cc(CC(=O)OC(C)(C)C)c2ccc(F)cc21)C(=O)C1CC1. The van der Waals surface area contributed by atoms with Gasteiger partial charge in [-0.2, -0.15) is 13.2 Å². The monoisotopic (exact) mass is 518 g/mol. The minimum Gasteiger partial charge on any atom is -0.460 e. The van der Waals surface area contributed by atoms with E-state index in [4.69, 9.17) is 4.74 Å². The van der Waals surface area contributed by atoms with Gasteiger partial charge in [0.05, 0.1) is 23.2 Å². The van der Waals surface area contributed by atoms with E-state index in [1.165, 1.54) is 18.2 Å². The van der Waals surface area contributed by atoms with E-state index in [1.807, 2.05) is 0 Å². The second-order valence-electron chi connectivity index (χ2n) is 10.4. The van der Waals surface area contributed by atoms with Gasteiger partial charge in [0.1, 0.15) is 11.4 Å². The van der Waals surface area contributed by atoms with Crippen LogP contribution in [0, 0.1) is 11.7 Å². The second-order valence-corrected chi connectivity index (χ2v) is 10.4. The van der Waals surface area contributed by atoms with E-state index >= 15 is 0 Å². The molecule has 5 nitrogen and oxygen atoms in total. The first-order valence-electron chi connectivity index (χ1n) is 12.3. The predicted octanol–water partition coefficient (Wildman–Crippen LogP) is 6.43. The van der Waals surface area contributed by atoms with Gasteiger partial charge in [0.15, 0.2) is 0 Å². The van der Waals surface area contributed by atoms with Gasteiger partial charge in [-0.3, -0.25) is 9.59 Å². The van der Waals surface area contributed by atoms with Gasteiger partial charge in [-0.15, -0.1) is 0 Å². The summed E-state index contributed by atoms with van der Waals surface area (Å²) in [6.45, 7) is 7.35. The first-order chi connectivity index (χ1) is 17.3. The van der Waals surface area contributed by atoms with Gasteiger partial charge in [0.2, 0.25) is 5.91 Å². The molecule has 0 radical (unpaired) electrons. The molecule has 0 atom stereocenters. The maximum absolute atomic E-state index is 14.3. The number of aromatic nitrogens is 1. The fourth-order valence-corrected chi connectivity index (χ4v) is 4.41. The number of carbonyl (C=O) groups is 2. The second kappa shape index (κ2) is 9.84. The van der Waals surface area contributed by atoms with E-state index in [-0.39, 0.29) is 30.4 Å². The van der Waals surface area contributed by atoms with Gasteiger partial charge < -0.3 is 14.2 Å². The first-order valence-corrected chi connectivity index (χ1v) is 12.3. The summed E-state index contributed by atoms with van der Waals surface area (Å²) in [6, 6.07) is 7.43. The van der Waals surface area contributed by atoms with Gasteiger partial charge in [0.25, 0.3) is 0 Å². The number of alkyl halides is 3. The highest BCUT2D eigenvalue weighted by atomic mass is 19.4. The fraction of sp³-hybridized carbons (Fsp3) is 0.429. The summed E-state index contributed by atoms with van der Waals surface area (Å²) in [6.07, 6.45) is -1.49. The number of carbonyl (C=O) groups excluding carboxylic acids is 2. The number of nitrogens with zero attached hydrogens (tertiary/aromatic N) is 2. The van der Waals surface area contributed by atoms with Crippen molar-refractivity contribution in [3.63, 3.8) is 0 Å². The lowest BCUT2D eigenvalue weighted by molar-refractivity contribution is -0.154. The van der Waals surface area contributed by atoms with Crippen LogP contribution in [-0.2, 0) is 33.5 Å². The Morgan fingerprint density at radius 1 is 1.05 bits per heavy atom. The summed E-state index contributed by atoms with van der Waals surface area (Å²) in [5.41, 5.74) is 0.0713. The molecule has 4 rings (SSSR count). The van der Waals surface area contributed by atoms with Crippen LogP contribution in [0.3, 0.4) is 0 Å². The Bertz CT molecular complexity index is 1330. The van der Waals surface area contributed by atoms with Crippen LogP contribution in [0.4, 0.5) is 17.6 Å². The predicted molar refractivity (Wildman–Crippen MR) is 132 cm³/mol. The molecule has 37 heavy (non-hydrogen) atoms. The van der Waals surface area contributed by atoms with Gasteiger partial charge in [-0.25, -0.2) is 4.39 Å². The van der Waals surface area contributed by atoms with Crippen molar-refractivity contribution in [2.75, 3.05) is 6.54 Å². The normalized spacial score (nSPS) is 14.2. The van der Waals surface area contributed by atoms with Crippen LogP contribution in [-0.4, -0.2) is 33.5 Å². The van der Waals surface area contributed by atoms with E-state index in [1.54, 1.807) is 49.4 Å². The van der Waals surface area contributed by atoms with Crippen molar-refractivity contribution < 1.29 is 31.9 Å². The average Bonchev–Trinajstić information content (AvgIpc) is 3.58. The topological polar surface area (TPSA) is 51.5 Å². The summed E-state index contributed by atoms with van der Waals surface area (Å²) in [5.74, 6) is -1.17. The molecule has 1 saturated carbocycles. The summed E-state index contributed by atoms with van der Waals surface area (Å²) in [4.78, 5) is 26.9. The number of hydrogen-bond donors (Lipinski definition) is 0. The molecule has 0 spiro atoms. The molecule has 2 aromatic carbocycles. The Kier molecular flexibility index (Phi) is 7.10. The van der Waals surface area contributed by atoms with Crippen molar-refractivity contribution in [3.8, 4) is 5.69 Å². The minimum absolute atomic E-state index is 0.0263. The molecule has 0 bridgehead atoms. The smallest absolute Gasteiger partial charge is 0.416 e. The molecule has 198 valence electrons. The molecular weight excluding hydrogens is 488 g/mol. The first kappa shape index (κ1) is 26.7. The lowest BCUT2D eigenvalue weighted by atomic mass is 10.1. The molecule has 9 heteroatoms. The third-order valence-electron chi connectivity index (χ3n) is 6.25. The largest absolute Gasteiger partial charge is 0.460 e. The molecule has 0 aliphatic heterocycles. The summed E-state index contributed by atoms with van der Waals surface area (Å²) >= 11 is 0. The molecule has 1 amide bonds. The number of benzene rings is 2. The number of rotatable bonds is 7. The molecular formula is C28H30F4N2O3. The van der Waals surface area contributed by atoms with Crippen LogP contribution < -0.4 is 0 Å². The quantitative estimate of drug-likeness (QED) is 0.268. The third kappa shape index (κ3) is 6.14. The molecule has 1 aromatic heterocycles. The number of halogens is 4. The highest BCUT2D eigenvalue weighted by Gasteiger charge is 2.35. The number of esters is 1. The Labute approximate surface area is 213 Å².